The lowest BCUT2D eigenvalue weighted by Crippen LogP contribution is -2.56. The lowest BCUT2D eigenvalue weighted by atomic mass is 9.78. The number of fused-ring (bicyclic) bond motifs is 2. The molecule has 2 saturated heterocycles. The van der Waals surface area contributed by atoms with E-state index in [0.29, 0.717) is 17.7 Å². The van der Waals surface area contributed by atoms with Gasteiger partial charge in [-0.1, -0.05) is 60.7 Å². The van der Waals surface area contributed by atoms with Crippen molar-refractivity contribution < 1.29 is 58.6 Å². The van der Waals surface area contributed by atoms with Gasteiger partial charge in [0, 0.05) is 12.6 Å². The number of carbonyl (C=O) groups excluding carboxylic acids is 2. The SMILES string of the molecule is O=C(OC(=O)C(F)(F)F)C1CC2(c3ccccc3)C(OCc3cc(C(F)(F)F)cc(C(F)(F)F)c3)CCC1N2Cc1ccccc1. The molecule has 2 aliphatic heterocycles. The lowest BCUT2D eigenvalue weighted by molar-refractivity contribution is -0.203. The molecule has 4 atom stereocenters. The standard InChI is InChI=1S/C32H26F9NO4/c33-30(34,35)22-13-20(14-23(15-22)31(36,37)38)18-45-26-12-11-25-24(27(43)46-28(44)32(39,40)41)16-29(26,21-9-5-2-6-10-21)42(25)17-19-7-3-1-4-8-19/h1-10,13-15,24-26H,11-12,16-18H2. The average molecular weight is 660 g/mol. The van der Waals surface area contributed by atoms with Crippen LogP contribution in [0.25, 0.3) is 0 Å². The van der Waals surface area contributed by atoms with Crippen LogP contribution in [0.4, 0.5) is 39.5 Å². The molecule has 246 valence electrons. The molecule has 0 N–H and O–H groups in total. The predicted molar refractivity (Wildman–Crippen MR) is 143 cm³/mol. The van der Waals surface area contributed by atoms with Crippen LogP contribution < -0.4 is 0 Å². The number of ether oxygens (including phenoxy) is 2. The van der Waals surface area contributed by atoms with Crippen LogP contribution >= 0.6 is 0 Å². The molecule has 3 aromatic carbocycles. The fraction of sp³-hybridized carbons (Fsp3) is 0.375. The quantitative estimate of drug-likeness (QED) is 0.147. The first-order valence-electron chi connectivity index (χ1n) is 14.1. The molecule has 2 fully saturated rings. The Hall–Kier alpha value is -3.91. The van der Waals surface area contributed by atoms with Gasteiger partial charge in [-0.15, -0.1) is 0 Å². The topological polar surface area (TPSA) is 55.8 Å². The summed E-state index contributed by atoms with van der Waals surface area (Å²) in [5.74, 6) is -5.30. The van der Waals surface area contributed by atoms with Crippen molar-refractivity contribution in [3.8, 4) is 0 Å². The molecule has 0 amide bonds. The zero-order chi connectivity index (χ0) is 33.5. The summed E-state index contributed by atoms with van der Waals surface area (Å²) in [5.41, 5.74) is -3.40. The Labute approximate surface area is 256 Å². The van der Waals surface area contributed by atoms with Crippen molar-refractivity contribution in [2.24, 2.45) is 5.92 Å². The van der Waals surface area contributed by atoms with Gasteiger partial charge in [-0.3, -0.25) is 9.69 Å². The summed E-state index contributed by atoms with van der Waals surface area (Å²) < 4.78 is 131. The largest absolute Gasteiger partial charge is 0.491 e. The molecular weight excluding hydrogens is 633 g/mol. The van der Waals surface area contributed by atoms with Crippen molar-refractivity contribution in [3.63, 3.8) is 0 Å². The van der Waals surface area contributed by atoms with Crippen molar-refractivity contribution in [2.45, 2.75) is 68.6 Å². The van der Waals surface area contributed by atoms with Crippen LogP contribution in [0.2, 0.25) is 0 Å². The highest BCUT2D eigenvalue weighted by Gasteiger charge is 2.62. The van der Waals surface area contributed by atoms with Crippen LogP contribution in [0.1, 0.15) is 47.1 Å². The molecule has 0 aliphatic carbocycles. The monoisotopic (exact) mass is 659 g/mol. The molecule has 14 heteroatoms. The lowest BCUT2D eigenvalue weighted by Gasteiger charge is -2.50. The van der Waals surface area contributed by atoms with Gasteiger partial charge in [-0.2, -0.15) is 39.5 Å². The highest BCUT2D eigenvalue weighted by atomic mass is 19.4. The number of piperidine rings is 1. The Morgan fingerprint density at radius 1 is 0.761 bits per heavy atom. The van der Waals surface area contributed by atoms with E-state index in [1.54, 1.807) is 60.7 Å². The number of hydrogen-bond donors (Lipinski definition) is 0. The van der Waals surface area contributed by atoms with Gasteiger partial charge in [0.25, 0.3) is 0 Å². The second-order valence-corrected chi connectivity index (χ2v) is 11.3. The van der Waals surface area contributed by atoms with Crippen molar-refractivity contribution in [1.82, 2.24) is 4.90 Å². The number of esters is 2. The first-order valence-corrected chi connectivity index (χ1v) is 14.1. The average Bonchev–Trinajstić information content (AvgIpc) is 3.20. The molecule has 5 nitrogen and oxygen atoms in total. The Kier molecular flexibility index (Phi) is 8.99. The molecule has 0 spiro atoms. The Morgan fingerprint density at radius 3 is 1.87 bits per heavy atom. The zero-order valence-corrected chi connectivity index (χ0v) is 23.8. The summed E-state index contributed by atoms with van der Waals surface area (Å²) in [6.07, 6.45) is -16.4. The predicted octanol–water partition coefficient (Wildman–Crippen LogP) is 7.82. The van der Waals surface area contributed by atoms with Crippen molar-refractivity contribution in [1.29, 1.82) is 0 Å². The molecule has 2 bridgehead atoms. The second-order valence-electron chi connectivity index (χ2n) is 11.3. The molecule has 3 aromatic rings. The van der Waals surface area contributed by atoms with Gasteiger partial charge >= 0.3 is 30.5 Å². The summed E-state index contributed by atoms with van der Waals surface area (Å²) in [5, 5.41) is 0. The van der Waals surface area contributed by atoms with Gasteiger partial charge in [0.2, 0.25) is 0 Å². The Balaban J connectivity index is 1.56. The van der Waals surface area contributed by atoms with E-state index in [-0.39, 0.29) is 31.9 Å². The van der Waals surface area contributed by atoms with Gasteiger partial charge in [-0.25, -0.2) is 4.79 Å². The summed E-state index contributed by atoms with van der Waals surface area (Å²) >= 11 is 0. The van der Waals surface area contributed by atoms with Gasteiger partial charge in [0.05, 0.1) is 35.3 Å². The van der Waals surface area contributed by atoms with Crippen molar-refractivity contribution >= 4 is 11.9 Å². The van der Waals surface area contributed by atoms with E-state index < -0.39 is 77.4 Å². The molecule has 5 rings (SSSR count). The smallest absolute Gasteiger partial charge is 0.386 e. The van der Waals surface area contributed by atoms with Crippen LogP contribution in [-0.4, -0.2) is 35.2 Å². The molecule has 0 radical (unpaired) electrons. The number of carbonyl (C=O) groups is 2. The van der Waals surface area contributed by atoms with Crippen LogP contribution in [0.3, 0.4) is 0 Å². The van der Waals surface area contributed by atoms with E-state index in [4.69, 9.17) is 4.74 Å². The maximum Gasteiger partial charge on any atom is 0.491 e. The van der Waals surface area contributed by atoms with Gasteiger partial charge in [0.1, 0.15) is 0 Å². The van der Waals surface area contributed by atoms with E-state index >= 15 is 0 Å². The fourth-order valence-corrected chi connectivity index (χ4v) is 6.56. The maximum atomic E-state index is 13.5. The first kappa shape index (κ1) is 33.5. The van der Waals surface area contributed by atoms with Crippen LogP contribution in [-0.2, 0) is 50.1 Å². The number of benzene rings is 3. The summed E-state index contributed by atoms with van der Waals surface area (Å²) in [7, 11) is 0. The minimum atomic E-state index is -5.42. The van der Waals surface area contributed by atoms with Crippen LogP contribution in [0.5, 0.6) is 0 Å². The van der Waals surface area contributed by atoms with Gasteiger partial charge in [-0.05, 0) is 54.2 Å². The number of nitrogens with zero attached hydrogens (tertiary/aromatic N) is 1. The highest BCUT2D eigenvalue weighted by Crippen LogP contribution is 2.55. The fourth-order valence-electron chi connectivity index (χ4n) is 6.56. The minimum absolute atomic E-state index is 0.0111. The summed E-state index contributed by atoms with van der Waals surface area (Å²) in [6.45, 7) is -0.517. The Morgan fingerprint density at radius 2 is 1.33 bits per heavy atom. The van der Waals surface area contributed by atoms with Gasteiger partial charge in [0.15, 0.2) is 0 Å². The van der Waals surface area contributed by atoms with Crippen molar-refractivity contribution in [3.05, 3.63) is 107 Å². The van der Waals surface area contributed by atoms with E-state index in [0.717, 1.165) is 5.56 Å². The Bertz CT molecular complexity index is 1530. The number of alkyl halides is 9. The summed E-state index contributed by atoms with van der Waals surface area (Å²) in [4.78, 5) is 26.6. The number of hydrogen-bond acceptors (Lipinski definition) is 5. The molecule has 0 saturated carbocycles. The molecule has 4 unspecified atom stereocenters. The number of halogens is 9. The zero-order valence-electron chi connectivity index (χ0n) is 23.8. The van der Waals surface area contributed by atoms with Crippen LogP contribution in [0, 0.1) is 5.92 Å². The normalized spacial score (nSPS) is 23.7. The van der Waals surface area contributed by atoms with Crippen molar-refractivity contribution in [2.75, 3.05) is 0 Å². The molecule has 46 heavy (non-hydrogen) atoms. The summed E-state index contributed by atoms with van der Waals surface area (Å²) in [6, 6.07) is 17.7. The van der Waals surface area contributed by atoms with E-state index in [9.17, 15) is 49.1 Å². The molecule has 0 aromatic heterocycles. The molecular formula is C32H26F9NO4. The van der Waals surface area contributed by atoms with Crippen LogP contribution in [0.15, 0.2) is 78.9 Å². The second kappa shape index (κ2) is 12.4. The third kappa shape index (κ3) is 6.77. The maximum absolute atomic E-state index is 13.5. The van der Waals surface area contributed by atoms with E-state index in [2.05, 4.69) is 4.74 Å². The molecule has 2 aliphatic rings. The van der Waals surface area contributed by atoms with Gasteiger partial charge < -0.3 is 9.47 Å². The first-order chi connectivity index (χ1) is 21.5. The third-order valence-electron chi connectivity index (χ3n) is 8.46. The highest BCUT2D eigenvalue weighted by molar-refractivity contribution is 5.90. The molecule has 2 heterocycles. The van der Waals surface area contributed by atoms with E-state index in [1.807, 2.05) is 4.90 Å². The number of rotatable bonds is 7. The third-order valence-corrected chi connectivity index (χ3v) is 8.46. The van der Waals surface area contributed by atoms with E-state index in [1.165, 1.54) is 0 Å². The minimum Gasteiger partial charge on any atom is -0.386 e.